The second-order valence-corrected chi connectivity index (χ2v) is 10.5. The number of amides is 1. The van der Waals surface area contributed by atoms with Gasteiger partial charge in [-0.3, -0.25) is 4.72 Å². The highest BCUT2D eigenvalue weighted by atomic mass is 32.2. The number of imidazole rings is 1. The van der Waals surface area contributed by atoms with Crippen molar-refractivity contribution >= 4 is 27.8 Å². The van der Waals surface area contributed by atoms with E-state index in [0.29, 0.717) is 29.3 Å². The first-order valence-corrected chi connectivity index (χ1v) is 13.3. The molecule has 0 spiro atoms. The van der Waals surface area contributed by atoms with Gasteiger partial charge in [-0.1, -0.05) is 13.0 Å². The molecular formula is C23H28FN7O4S. The van der Waals surface area contributed by atoms with Crippen LogP contribution in [0.5, 0.6) is 0 Å². The lowest BCUT2D eigenvalue weighted by Crippen LogP contribution is -2.36. The number of benzene rings is 1. The van der Waals surface area contributed by atoms with E-state index in [1.54, 1.807) is 32.0 Å². The van der Waals surface area contributed by atoms with Gasteiger partial charge in [0.05, 0.1) is 22.8 Å². The number of aromatic nitrogens is 4. The van der Waals surface area contributed by atoms with Crippen LogP contribution in [0.2, 0.25) is 0 Å². The molecule has 0 bridgehead atoms. The van der Waals surface area contributed by atoms with E-state index in [0.717, 1.165) is 12.8 Å². The van der Waals surface area contributed by atoms with Crippen LogP contribution in [0.3, 0.4) is 0 Å². The minimum Gasteiger partial charge on any atom is -0.465 e. The quantitative estimate of drug-likeness (QED) is 0.257. The molecule has 1 unspecified atom stereocenters. The number of nitrogens with one attached hydrogen (secondary N) is 4. The molecule has 1 aliphatic rings. The zero-order chi connectivity index (χ0) is 25.9. The molecule has 192 valence electrons. The first kappa shape index (κ1) is 25.4. The molecule has 11 nitrogen and oxygen atoms in total. The third-order valence-electron chi connectivity index (χ3n) is 5.53. The predicted molar refractivity (Wildman–Crippen MR) is 134 cm³/mol. The van der Waals surface area contributed by atoms with Gasteiger partial charge in [-0.05, 0) is 44.4 Å². The average molecular weight is 518 g/mol. The van der Waals surface area contributed by atoms with E-state index in [4.69, 9.17) is 5.11 Å². The molecule has 36 heavy (non-hydrogen) atoms. The van der Waals surface area contributed by atoms with Crippen LogP contribution in [0.25, 0.3) is 22.6 Å². The smallest absolute Gasteiger partial charge is 0.404 e. The number of nitrogens with zero attached hydrogens (tertiary/aromatic N) is 3. The summed E-state index contributed by atoms with van der Waals surface area (Å²) >= 11 is 0. The topological polar surface area (TPSA) is 162 Å². The van der Waals surface area contributed by atoms with Crippen LogP contribution in [0.1, 0.15) is 44.9 Å². The first-order chi connectivity index (χ1) is 17.2. The van der Waals surface area contributed by atoms with Crippen molar-refractivity contribution in [2.45, 2.75) is 45.1 Å². The SMILES string of the molecule is CCCS(=O)(=O)Nc1cccc(-c2nc(C3CC3)[nH]c2-c2ccnc(NCC(C)NC(=O)O)n2)c1F. The normalized spacial score (nSPS) is 14.3. The zero-order valence-corrected chi connectivity index (χ0v) is 20.7. The first-order valence-electron chi connectivity index (χ1n) is 11.6. The summed E-state index contributed by atoms with van der Waals surface area (Å²) in [5.74, 6) is 0.376. The highest BCUT2D eigenvalue weighted by Gasteiger charge is 2.30. The molecule has 1 saturated carbocycles. The van der Waals surface area contributed by atoms with Gasteiger partial charge in [-0.25, -0.2) is 32.6 Å². The van der Waals surface area contributed by atoms with Crippen LogP contribution >= 0.6 is 0 Å². The molecule has 1 aromatic carbocycles. The molecule has 13 heteroatoms. The molecule has 1 amide bonds. The summed E-state index contributed by atoms with van der Waals surface area (Å²) < 4.78 is 42.4. The average Bonchev–Trinajstić information content (AvgIpc) is 3.57. The van der Waals surface area contributed by atoms with Gasteiger partial charge in [0.1, 0.15) is 11.5 Å². The summed E-state index contributed by atoms with van der Waals surface area (Å²) in [6.45, 7) is 3.69. The Morgan fingerprint density at radius 1 is 1.28 bits per heavy atom. The van der Waals surface area contributed by atoms with Crippen molar-refractivity contribution in [3.8, 4) is 22.6 Å². The van der Waals surface area contributed by atoms with Crippen molar-refractivity contribution in [2.75, 3.05) is 22.3 Å². The molecule has 5 N–H and O–H groups in total. The molecule has 0 aliphatic heterocycles. The zero-order valence-electron chi connectivity index (χ0n) is 19.9. The molecule has 2 heterocycles. The van der Waals surface area contributed by atoms with Gasteiger partial charge in [-0.2, -0.15) is 0 Å². The Kier molecular flexibility index (Phi) is 7.38. The van der Waals surface area contributed by atoms with Gasteiger partial charge in [0.2, 0.25) is 16.0 Å². The Labute approximate surface area is 208 Å². The third kappa shape index (κ3) is 6.08. The van der Waals surface area contributed by atoms with Gasteiger partial charge >= 0.3 is 6.09 Å². The number of halogens is 1. The van der Waals surface area contributed by atoms with E-state index in [1.165, 1.54) is 12.3 Å². The van der Waals surface area contributed by atoms with Gasteiger partial charge in [0, 0.05) is 30.3 Å². The van der Waals surface area contributed by atoms with Crippen LogP contribution in [0.15, 0.2) is 30.5 Å². The maximum Gasteiger partial charge on any atom is 0.404 e. The Morgan fingerprint density at radius 3 is 2.75 bits per heavy atom. The molecule has 0 radical (unpaired) electrons. The molecule has 1 aliphatic carbocycles. The Bertz CT molecular complexity index is 1360. The van der Waals surface area contributed by atoms with Crippen molar-refractivity contribution in [2.24, 2.45) is 0 Å². The van der Waals surface area contributed by atoms with Crippen LogP contribution < -0.4 is 15.4 Å². The fraction of sp³-hybridized carbons (Fsp3) is 0.391. The number of sulfonamides is 1. The summed E-state index contributed by atoms with van der Waals surface area (Å²) in [6.07, 6.45) is 2.75. The standard InChI is InChI=1S/C23H28FN7O4S/c1-3-11-36(34,35)31-16-6-4-5-15(18(16)24)19-20(30-21(29-19)14-7-8-14)17-9-10-25-22(28-17)26-12-13(2)27-23(32)33/h4-6,9-10,13-14,27,31H,3,7-8,11-12H2,1-2H3,(H,29,30)(H,32,33)(H,25,26,28). The summed E-state index contributed by atoms with van der Waals surface area (Å²) in [5.41, 5.74) is 1.24. The molecule has 0 saturated heterocycles. The summed E-state index contributed by atoms with van der Waals surface area (Å²) in [5, 5.41) is 14.2. The number of hydrogen-bond acceptors (Lipinski definition) is 7. The molecule has 4 rings (SSSR count). The number of H-pyrrole nitrogens is 1. The number of rotatable bonds is 11. The van der Waals surface area contributed by atoms with E-state index in [1.807, 2.05) is 0 Å². The Balaban J connectivity index is 1.68. The maximum atomic E-state index is 15.6. The van der Waals surface area contributed by atoms with Crippen LogP contribution in [0.4, 0.5) is 20.8 Å². The Hall–Kier alpha value is -3.74. The summed E-state index contributed by atoms with van der Waals surface area (Å²) in [4.78, 5) is 27.4. The van der Waals surface area contributed by atoms with E-state index < -0.39 is 21.9 Å². The number of aromatic amines is 1. The summed E-state index contributed by atoms with van der Waals surface area (Å²) in [6, 6.07) is 5.76. The minimum atomic E-state index is -3.68. The minimum absolute atomic E-state index is 0.118. The largest absolute Gasteiger partial charge is 0.465 e. The second kappa shape index (κ2) is 10.5. The van der Waals surface area contributed by atoms with Gasteiger partial charge in [0.15, 0.2) is 5.82 Å². The molecule has 1 atom stereocenters. The third-order valence-corrected chi connectivity index (χ3v) is 7.00. The van der Waals surface area contributed by atoms with Crippen LogP contribution in [-0.4, -0.2) is 57.9 Å². The van der Waals surface area contributed by atoms with Gasteiger partial charge in [0.25, 0.3) is 0 Å². The van der Waals surface area contributed by atoms with Crippen molar-refractivity contribution in [1.29, 1.82) is 0 Å². The van der Waals surface area contributed by atoms with E-state index in [9.17, 15) is 13.2 Å². The highest BCUT2D eigenvalue weighted by molar-refractivity contribution is 7.92. The van der Waals surface area contributed by atoms with E-state index in [2.05, 4.69) is 35.3 Å². The van der Waals surface area contributed by atoms with Crippen LogP contribution in [0, 0.1) is 5.82 Å². The van der Waals surface area contributed by atoms with Crippen molar-refractivity contribution < 1.29 is 22.7 Å². The van der Waals surface area contributed by atoms with Crippen molar-refractivity contribution in [3.05, 3.63) is 42.1 Å². The molecule has 2 aromatic heterocycles. The number of carbonyl (C=O) groups is 1. The van der Waals surface area contributed by atoms with Gasteiger partial charge in [-0.15, -0.1) is 0 Å². The van der Waals surface area contributed by atoms with Gasteiger partial charge < -0.3 is 20.7 Å². The molecule has 1 fully saturated rings. The number of hydrogen-bond donors (Lipinski definition) is 5. The van der Waals surface area contributed by atoms with E-state index in [-0.39, 0.29) is 41.5 Å². The fourth-order valence-electron chi connectivity index (χ4n) is 3.69. The lowest BCUT2D eigenvalue weighted by Gasteiger charge is -2.13. The number of carboxylic acid groups (broad SMARTS) is 1. The second-order valence-electron chi connectivity index (χ2n) is 8.70. The van der Waals surface area contributed by atoms with E-state index >= 15 is 4.39 Å². The number of anilines is 2. The highest BCUT2D eigenvalue weighted by Crippen LogP contribution is 2.42. The maximum absolute atomic E-state index is 15.6. The lowest BCUT2D eigenvalue weighted by atomic mass is 10.1. The van der Waals surface area contributed by atoms with Crippen LogP contribution in [-0.2, 0) is 10.0 Å². The monoisotopic (exact) mass is 517 g/mol. The lowest BCUT2D eigenvalue weighted by molar-refractivity contribution is 0.191. The fourth-order valence-corrected chi connectivity index (χ4v) is 4.82. The molecule has 3 aromatic rings. The summed E-state index contributed by atoms with van der Waals surface area (Å²) in [7, 11) is -3.68. The van der Waals surface area contributed by atoms with Crippen molar-refractivity contribution in [3.63, 3.8) is 0 Å². The van der Waals surface area contributed by atoms with Crippen molar-refractivity contribution in [1.82, 2.24) is 25.3 Å². The Morgan fingerprint density at radius 2 is 2.06 bits per heavy atom. The molecular weight excluding hydrogens is 489 g/mol. The predicted octanol–water partition coefficient (Wildman–Crippen LogP) is 3.77.